The molecule has 4 heteroatoms. The molecule has 2 atom stereocenters. The highest BCUT2D eigenvalue weighted by molar-refractivity contribution is 7.17. The summed E-state index contributed by atoms with van der Waals surface area (Å²) in [6.45, 7) is 0. The Hall–Kier alpha value is -1.00. The second kappa shape index (κ2) is 4.28. The van der Waals surface area contributed by atoms with E-state index < -0.39 is 12.0 Å². The Kier molecular flexibility index (Phi) is 2.87. The topological polar surface area (TPSA) is 20.2 Å². The van der Waals surface area contributed by atoms with E-state index in [0.29, 0.717) is 6.42 Å². The normalized spacial score (nSPS) is 24.5. The quantitative estimate of drug-likeness (QED) is 0.857. The minimum atomic E-state index is -2.60. The smallest absolute Gasteiger partial charge is 0.248 e. The average molecular weight is 268 g/mol. The maximum Gasteiger partial charge on any atom is 0.248 e. The monoisotopic (exact) mass is 268 g/mol. The summed E-state index contributed by atoms with van der Waals surface area (Å²) >= 11 is 1.55. The van der Waals surface area contributed by atoms with Crippen LogP contribution in [-0.4, -0.2) is 11.0 Å². The number of alkyl halides is 2. The van der Waals surface area contributed by atoms with Crippen molar-refractivity contribution in [3.8, 4) is 0 Å². The van der Waals surface area contributed by atoms with E-state index in [1.807, 2.05) is 29.6 Å². The van der Waals surface area contributed by atoms with Crippen molar-refractivity contribution in [2.75, 3.05) is 0 Å². The Balaban J connectivity index is 1.93. The van der Waals surface area contributed by atoms with Gasteiger partial charge < -0.3 is 5.11 Å². The van der Waals surface area contributed by atoms with Crippen molar-refractivity contribution in [3.05, 3.63) is 35.2 Å². The number of rotatable bonds is 2. The molecular formula is C14H14F2OS. The van der Waals surface area contributed by atoms with Crippen molar-refractivity contribution >= 4 is 21.4 Å². The van der Waals surface area contributed by atoms with Crippen molar-refractivity contribution in [1.82, 2.24) is 0 Å². The zero-order valence-electron chi connectivity index (χ0n) is 9.77. The van der Waals surface area contributed by atoms with Gasteiger partial charge in [0.1, 0.15) is 0 Å². The lowest BCUT2D eigenvalue weighted by Gasteiger charge is -2.19. The fourth-order valence-corrected chi connectivity index (χ4v) is 3.70. The molecule has 96 valence electrons. The van der Waals surface area contributed by atoms with Crippen LogP contribution < -0.4 is 0 Å². The number of thiophene rings is 1. The van der Waals surface area contributed by atoms with Gasteiger partial charge in [-0.1, -0.05) is 18.2 Å². The molecule has 0 aliphatic heterocycles. The number of hydrogen-bond acceptors (Lipinski definition) is 2. The van der Waals surface area contributed by atoms with E-state index in [0.717, 1.165) is 15.6 Å². The molecule has 1 saturated carbocycles. The second-order valence-electron chi connectivity index (χ2n) is 4.99. The summed E-state index contributed by atoms with van der Waals surface area (Å²) in [6.07, 6.45) is -0.679. The standard InChI is InChI=1S/C14H14F2OS/c15-14(16)6-4-10(8-14)12(17)11-3-1-2-9-5-7-18-13(9)11/h1-3,5,7,10,12,17H,4,6,8H2. The molecule has 1 fully saturated rings. The first kappa shape index (κ1) is 12.1. The molecule has 0 bridgehead atoms. The van der Waals surface area contributed by atoms with Crippen LogP contribution in [0.1, 0.15) is 30.9 Å². The predicted octanol–water partition coefficient (Wildman–Crippen LogP) is 4.37. The first-order chi connectivity index (χ1) is 8.57. The van der Waals surface area contributed by atoms with Crippen molar-refractivity contribution < 1.29 is 13.9 Å². The largest absolute Gasteiger partial charge is 0.388 e. The molecule has 0 radical (unpaired) electrons. The van der Waals surface area contributed by atoms with Crippen LogP contribution in [-0.2, 0) is 0 Å². The molecule has 3 rings (SSSR count). The van der Waals surface area contributed by atoms with Crippen molar-refractivity contribution in [1.29, 1.82) is 0 Å². The maximum absolute atomic E-state index is 13.2. The van der Waals surface area contributed by atoms with Gasteiger partial charge in [-0.05, 0) is 34.7 Å². The van der Waals surface area contributed by atoms with Gasteiger partial charge in [0.15, 0.2) is 0 Å². The first-order valence-corrected chi connectivity index (χ1v) is 6.97. The van der Waals surface area contributed by atoms with Gasteiger partial charge in [-0.3, -0.25) is 0 Å². The van der Waals surface area contributed by atoms with Crippen LogP contribution in [0.15, 0.2) is 29.6 Å². The number of aliphatic hydroxyl groups is 1. The summed E-state index contributed by atoms with van der Waals surface area (Å²) in [5, 5.41) is 13.4. The number of fused-ring (bicyclic) bond motifs is 1. The van der Waals surface area contributed by atoms with E-state index in [9.17, 15) is 13.9 Å². The molecule has 0 amide bonds. The highest BCUT2D eigenvalue weighted by Gasteiger charge is 2.42. The highest BCUT2D eigenvalue weighted by Crippen LogP contribution is 2.45. The van der Waals surface area contributed by atoms with Crippen LogP contribution >= 0.6 is 11.3 Å². The van der Waals surface area contributed by atoms with E-state index in [1.165, 1.54) is 0 Å². The zero-order valence-corrected chi connectivity index (χ0v) is 10.6. The van der Waals surface area contributed by atoms with Gasteiger partial charge in [0.25, 0.3) is 0 Å². The maximum atomic E-state index is 13.2. The van der Waals surface area contributed by atoms with Gasteiger partial charge >= 0.3 is 0 Å². The van der Waals surface area contributed by atoms with Gasteiger partial charge in [0.05, 0.1) is 6.10 Å². The molecule has 1 aliphatic carbocycles. The molecule has 1 heterocycles. The molecule has 1 aromatic carbocycles. The number of halogens is 2. The van der Waals surface area contributed by atoms with Gasteiger partial charge in [0.2, 0.25) is 5.92 Å². The van der Waals surface area contributed by atoms with Gasteiger partial charge in [-0.2, -0.15) is 0 Å². The molecular weight excluding hydrogens is 254 g/mol. The van der Waals surface area contributed by atoms with E-state index >= 15 is 0 Å². The number of hydrogen-bond donors (Lipinski definition) is 1. The minimum Gasteiger partial charge on any atom is -0.388 e. The molecule has 0 spiro atoms. The Morgan fingerprint density at radius 3 is 2.89 bits per heavy atom. The van der Waals surface area contributed by atoms with Gasteiger partial charge in [0, 0.05) is 17.5 Å². The summed E-state index contributed by atoms with van der Waals surface area (Å²) in [5.41, 5.74) is 0.796. The van der Waals surface area contributed by atoms with Crippen LogP contribution in [0.2, 0.25) is 0 Å². The van der Waals surface area contributed by atoms with Crippen molar-refractivity contribution in [3.63, 3.8) is 0 Å². The lowest BCUT2D eigenvalue weighted by molar-refractivity contribution is -0.00495. The third-order valence-corrected chi connectivity index (χ3v) is 4.70. The van der Waals surface area contributed by atoms with Crippen LogP contribution in [0.25, 0.3) is 10.1 Å². The third kappa shape index (κ3) is 2.04. The fourth-order valence-electron chi connectivity index (χ4n) is 2.76. The van der Waals surface area contributed by atoms with Crippen LogP contribution in [0, 0.1) is 5.92 Å². The van der Waals surface area contributed by atoms with E-state index in [1.54, 1.807) is 11.3 Å². The zero-order chi connectivity index (χ0) is 12.8. The predicted molar refractivity (Wildman–Crippen MR) is 69.1 cm³/mol. The van der Waals surface area contributed by atoms with E-state index in [-0.39, 0.29) is 18.8 Å². The lowest BCUT2D eigenvalue weighted by atomic mass is 9.93. The number of benzene rings is 1. The van der Waals surface area contributed by atoms with Crippen molar-refractivity contribution in [2.45, 2.75) is 31.3 Å². The first-order valence-electron chi connectivity index (χ1n) is 6.09. The summed E-state index contributed by atoms with van der Waals surface area (Å²) in [5.74, 6) is -2.93. The molecule has 2 aromatic rings. The summed E-state index contributed by atoms with van der Waals surface area (Å²) in [6, 6.07) is 7.69. The summed E-state index contributed by atoms with van der Waals surface area (Å²) < 4.78 is 27.4. The molecule has 0 saturated heterocycles. The molecule has 1 aliphatic rings. The highest BCUT2D eigenvalue weighted by atomic mass is 32.1. The van der Waals surface area contributed by atoms with E-state index in [2.05, 4.69) is 0 Å². The molecule has 2 unspecified atom stereocenters. The van der Waals surface area contributed by atoms with Gasteiger partial charge in [-0.25, -0.2) is 8.78 Å². The summed E-state index contributed by atoms with van der Waals surface area (Å²) in [7, 11) is 0. The molecule has 18 heavy (non-hydrogen) atoms. The Morgan fingerprint density at radius 2 is 2.17 bits per heavy atom. The van der Waals surface area contributed by atoms with E-state index in [4.69, 9.17) is 0 Å². The molecule has 1 nitrogen and oxygen atoms in total. The van der Waals surface area contributed by atoms with Crippen LogP contribution in [0.3, 0.4) is 0 Å². The second-order valence-corrected chi connectivity index (χ2v) is 5.91. The Bertz CT molecular complexity index is 564. The lowest BCUT2D eigenvalue weighted by Crippen LogP contribution is -2.14. The van der Waals surface area contributed by atoms with Crippen LogP contribution in [0.5, 0.6) is 0 Å². The molecule has 1 N–H and O–H groups in total. The number of aliphatic hydroxyl groups excluding tert-OH is 1. The third-order valence-electron chi connectivity index (χ3n) is 3.72. The Morgan fingerprint density at radius 1 is 1.33 bits per heavy atom. The van der Waals surface area contributed by atoms with Gasteiger partial charge in [-0.15, -0.1) is 11.3 Å². The fraction of sp³-hybridized carbons (Fsp3) is 0.429. The van der Waals surface area contributed by atoms with Crippen LogP contribution in [0.4, 0.5) is 8.78 Å². The molecule has 1 aromatic heterocycles. The van der Waals surface area contributed by atoms with Crippen molar-refractivity contribution in [2.24, 2.45) is 5.92 Å². The summed E-state index contributed by atoms with van der Waals surface area (Å²) in [4.78, 5) is 0. The Labute approximate surface area is 108 Å². The minimum absolute atomic E-state index is 0.102. The average Bonchev–Trinajstić information content (AvgIpc) is 2.93. The SMILES string of the molecule is OC(c1cccc2ccsc12)C1CCC(F)(F)C1.